The fourth-order valence-electron chi connectivity index (χ4n) is 2.12. The minimum Gasteiger partial charge on any atom is -0.424 e. The number of carbonyl (C=O) groups is 1. The highest BCUT2D eigenvalue weighted by molar-refractivity contribution is 5.81. The van der Waals surface area contributed by atoms with E-state index in [9.17, 15) is 4.79 Å². The number of nitrogens with one attached hydrogen (secondary N) is 1. The second-order valence-electron chi connectivity index (χ2n) is 4.70. The molecule has 0 aliphatic carbocycles. The number of aryl methyl sites for hydroxylation is 1. The number of carbonyl (C=O) groups excluding carboxylic acids is 1. The summed E-state index contributed by atoms with van der Waals surface area (Å²) in [6.07, 6.45) is 3.45. The molecule has 1 aliphatic heterocycles. The largest absolute Gasteiger partial charge is 0.424 e. The van der Waals surface area contributed by atoms with Crippen LogP contribution in [0.25, 0.3) is 0 Å². The number of amides is 1. The minimum absolute atomic E-state index is 0.158. The fourth-order valence-corrected chi connectivity index (χ4v) is 2.12. The van der Waals surface area contributed by atoms with E-state index in [4.69, 9.17) is 4.42 Å². The van der Waals surface area contributed by atoms with Crippen molar-refractivity contribution in [1.29, 1.82) is 0 Å². The molecule has 18 heavy (non-hydrogen) atoms. The molecule has 6 nitrogen and oxygen atoms in total. The maximum absolute atomic E-state index is 12.1. The van der Waals surface area contributed by atoms with Crippen molar-refractivity contribution < 1.29 is 9.21 Å². The summed E-state index contributed by atoms with van der Waals surface area (Å²) < 4.78 is 5.25. The van der Waals surface area contributed by atoms with Crippen LogP contribution < -0.4 is 5.32 Å². The van der Waals surface area contributed by atoms with Gasteiger partial charge in [-0.25, -0.2) is 0 Å². The summed E-state index contributed by atoms with van der Waals surface area (Å²) in [7, 11) is 0. The Morgan fingerprint density at radius 2 is 2.11 bits per heavy atom. The first-order chi connectivity index (χ1) is 8.66. The van der Waals surface area contributed by atoms with Crippen LogP contribution in [0.3, 0.4) is 0 Å². The lowest BCUT2D eigenvalue weighted by Gasteiger charge is -2.29. The molecular formula is C12H20N4O2. The molecule has 0 bridgehead atoms. The average molecular weight is 252 g/mol. The molecule has 1 unspecified atom stereocenters. The van der Waals surface area contributed by atoms with Crippen molar-refractivity contribution in [2.75, 3.05) is 13.1 Å². The van der Waals surface area contributed by atoms with Gasteiger partial charge in [0.1, 0.15) is 0 Å². The van der Waals surface area contributed by atoms with Crippen molar-refractivity contribution in [3.8, 4) is 0 Å². The van der Waals surface area contributed by atoms with Crippen LogP contribution in [0.2, 0.25) is 0 Å². The highest BCUT2D eigenvalue weighted by atomic mass is 16.4. The third kappa shape index (κ3) is 3.29. The third-order valence-electron chi connectivity index (χ3n) is 3.17. The molecule has 1 aliphatic rings. The summed E-state index contributed by atoms with van der Waals surface area (Å²) in [6, 6.07) is -0.213. The maximum Gasteiger partial charge on any atom is 0.239 e. The first-order valence-electron chi connectivity index (χ1n) is 6.48. The summed E-state index contributed by atoms with van der Waals surface area (Å²) in [5, 5.41) is 10.8. The first kappa shape index (κ1) is 13.0. The molecule has 1 aromatic heterocycles. The van der Waals surface area contributed by atoms with E-state index in [1.807, 2.05) is 11.8 Å². The van der Waals surface area contributed by atoms with E-state index in [1.165, 1.54) is 6.42 Å². The number of likely N-dealkylation sites (tertiary alicyclic amines) is 1. The zero-order valence-corrected chi connectivity index (χ0v) is 11.0. The van der Waals surface area contributed by atoms with Gasteiger partial charge in [-0.15, -0.1) is 10.2 Å². The van der Waals surface area contributed by atoms with E-state index in [2.05, 4.69) is 15.5 Å². The first-order valence-corrected chi connectivity index (χ1v) is 6.48. The van der Waals surface area contributed by atoms with E-state index in [-0.39, 0.29) is 11.9 Å². The molecule has 1 saturated heterocycles. The standard InChI is InChI=1S/C12H20N4O2/c1-9(12(17)16-6-4-3-5-7-16)13-8-11-15-14-10(2)18-11/h9,13H,3-8H2,1-2H3. The molecule has 1 aromatic rings. The van der Waals surface area contributed by atoms with Crippen LogP contribution in [0.5, 0.6) is 0 Å². The molecule has 6 heteroatoms. The Balaban J connectivity index is 1.79. The molecule has 1 fully saturated rings. The molecule has 100 valence electrons. The van der Waals surface area contributed by atoms with E-state index in [1.54, 1.807) is 6.92 Å². The van der Waals surface area contributed by atoms with E-state index >= 15 is 0 Å². The Bertz CT molecular complexity index is 399. The Morgan fingerprint density at radius 3 is 2.72 bits per heavy atom. The van der Waals surface area contributed by atoms with Crippen LogP contribution in [-0.2, 0) is 11.3 Å². The van der Waals surface area contributed by atoms with Gasteiger partial charge in [-0.1, -0.05) is 0 Å². The Hall–Kier alpha value is -1.43. The summed E-state index contributed by atoms with van der Waals surface area (Å²) >= 11 is 0. The van der Waals surface area contributed by atoms with Crippen LogP contribution in [0.15, 0.2) is 4.42 Å². The number of rotatable bonds is 4. The topological polar surface area (TPSA) is 71.3 Å². The minimum atomic E-state index is -0.213. The van der Waals surface area contributed by atoms with E-state index in [0.29, 0.717) is 18.3 Å². The van der Waals surface area contributed by atoms with Crippen LogP contribution >= 0.6 is 0 Å². The zero-order chi connectivity index (χ0) is 13.0. The second-order valence-corrected chi connectivity index (χ2v) is 4.70. The van der Waals surface area contributed by atoms with Gasteiger partial charge >= 0.3 is 0 Å². The molecule has 0 saturated carbocycles. The zero-order valence-electron chi connectivity index (χ0n) is 11.0. The van der Waals surface area contributed by atoms with Crippen molar-refractivity contribution in [3.63, 3.8) is 0 Å². The van der Waals surface area contributed by atoms with Crippen molar-refractivity contribution in [2.24, 2.45) is 0 Å². The molecule has 2 rings (SSSR count). The summed E-state index contributed by atoms with van der Waals surface area (Å²) in [5.41, 5.74) is 0. The highest BCUT2D eigenvalue weighted by Crippen LogP contribution is 2.10. The average Bonchev–Trinajstić information content (AvgIpc) is 2.82. The Kier molecular flexibility index (Phi) is 4.30. The quantitative estimate of drug-likeness (QED) is 0.861. The molecule has 0 radical (unpaired) electrons. The van der Waals surface area contributed by atoms with Crippen molar-refractivity contribution in [3.05, 3.63) is 11.8 Å². The maximum atomic E-state index is 12.1. The molecule has 0 aromatic carbocycles. The molecule has 1 amide bonds. The molecule has 2 heterocycles. The fraction of sp³-hybridized carbons (Fsp3) is 0.750. The Morgan fingerprint density at radius 1 is 1.39 bits per heavy atom. The van der Waals surface area contributed by atoms with Crippen LogP contribution in [0.4, 0.5) is 0 Å². The van der Waals surface area contributed by atoms with Crippen molar-refractivity contribution >= 4 is 5.91 Å². The lowest BCUT2D eigenvalue weighted by atomic mass is 10.1. The monoisotopic (exact) mass is 252 g/mol. The smallest absolute Gasteiger partial charge is 0.239 e. The van der Waals surface area contributed by atoms with Gasteiger partial charge in [0.25, 0.3) is 0 Å². The third-order valence-corrected chi connectivity index (χ3v) is 3.17. The number of hydrogen-bond donors (Lipinski definition) is 1. The summed E-state index contributed by atoms with van der Waals surface area (Å²) in [6.45, 7) is 5.82. The van der Waals surface area contributed by atoms with Gasteiger partial charge in [-0.3, -0.25) is 10.1 Å². The number of nitrogens with zero attached hydrogens (tertiary/aromatic N) is 3. The highest BCUT2D eigenvalue weighted by Gasteiger charge is 2.21. The predicted octanol–water partition coefficient (Wildman–Crippen LogP) is 0.869. The van der Waals surface area contributed by atoms with Gasteiger partial charge in [0, 0.05) is 20.0 Å². The molecule has 1 N–H and O–H groups in total. The van der Waals surface area contributed by atoms with Gasteiger partial charge in [0.2, 0.25) is 17.7 Å². The lowest BCUT2D eigenvalue weighted by molar-refractivity contribution is -0.134. The van der Waals surface area contributed by atoms with Gasteiger partial charge in [0.15, 0.2) is 0 Å². The summed E-state index contributed by atoms with van der Waals surface area (Å²) in [5.74, 6) is 1.22. The molecular weight excluding hydrogens is 232 g/mol. The van der Waals surface area contributed by atoms with Gasteiger partial charge in [-0.2, -0.15) is 0 Å². The van der Waals surface area contributed by atoms with Crippen molar-refractivity contribution in [2.45, 2.75) is 45.7 Å². The lowest BCUT2D eigenvalue weighted by Crippen LogP contribution is -2.46. The number of piperidine rings is 1. The van der Waals surface area contributed by atoms with E-state index in [0.717, 1.165) is 25.9 Å². The van der Waals surface area contributed by atoms with Crippen LogP contribution in [-0.4, -0.2) is 40.1 Å². The molecule has 1 atom stereocenters. The normalized spacial score (nSPS) is 17.8. The van der Waals surface area contributed by atoms with Crippen molar-refractivity contribution in [1.82, 2.24) is 20.4 Å². The van der Waals surface area contributed by atoms with Gasteiger partial charge in [-0.05, 0) is 26.2 Å². The van der Waals surface area contributed by atoms with Gasteiger partial charge < -0.3 is 9.32 Å². The van der Waals surface area contributed by atoms with Gasteiger partial charge in [0.05, 0.1) is 12.6 Å². The van der Waals surface area contributed by atoms with E-state index < -0.39 is 0 Å². The second kappa shape index (κ2) is 5.95. The summed E-state index contributed by atoms with van der Waals surface area (Å²) in [4.78, 5) is 14.1. The van der Waals surface area contributed by atoms with Crippen LogP contribution in [0, 0.1) is 6.92 Å². The predicted molar refractivity (Wildman–Crippen MR) is 65.8 cm³/mol. The SMILES string of the molecule is Cc1nnc(CNC(C)C(=O)N2CCCCC2)o1. The number of hydrogen-bond acceptors (Lipinski definition) is 5. The number of aromatic nitrogens is 2. The van der Waals surface area contributed by atoms with Crippen LogP contribution in [0.1, 0.15) is 38.0 Å². The molecule has 0 spiro atoms. The Labute approximate surface area is 107 Å².